The fourth-order valence-electron chi connectivity index (χ4n) is 1.79. The molecule has 21 heavy (non-hydrogen) atoms. The summed E-state index contributed by atoms with van der Waals surface area (Å²) < 4.78 is 13.6. The molecule has 104 valence electrons. The minimum atomic E-state index is -0.440. The van der Waals surface area contributed by atoms with Crippen molar-refractivity contribution < 1.29 is 4.39 Å². The molecular formula is C14H7Cl2FN4. The second kappa shape index (κ2) is 5.71. The molecule has 0 aliphatic carbocycles. The molecule has 2 aromatic carbocycles. The molecule has 0 unspecified atom stereocenters. The van der Waals surface area contributed by atoms with Crippen molar-refractivity contribution >= 4 is 23.2 Å². The predicted molar refractivity (Wildman–Crippen MR) is 78.5 cm³/mol. The Hall–Kier alpha value is -2.11. The molecule has 0 fully saturated rings. The van der Waals surface area contributed by atoms with Crippen LogP contribution in [0.2, 0.25) is 10.0 Å². The van der Waals surface area contributed by atoms with Gasteiger partial charge in [-0.3, -0.25) is 0 Å². The molecule has 0 spiro atoms. The Morgan fingerprint density at radius 1 is 0.714 bits per heavy atom. The van der Waals surface area contributed by atoms with E-state index in [4.69, 9.17) is 23.2 Å². The van der Waals surface area contributed by atoms with Crippen molar-refractivity contribution in [1.82, 2.24) is 20.4 Å². The van der Waals surface area contributed by atoms with Crippen LogP contribution >= 0.6 is 23.2 Å². The van der Waals surface area contributed by atoms with Crippen LogP contribution in [0.25, 0.3) is 22.8 Å². The van der Waals surface area contributed by atoms with E-state index in [0.717, 1.165) is 0 Å². The summed E-state index contributed by atoms with van der Waals surface area (Å²) in [7, 11) is 0. The number of benzene rings is 2. The minimum Gasteiger partial charge on any atom is -0.206 e. The second-order valence-electron chi connectivity index (χ2n) is 4.12. The molecule has 0 aliphatic rings. The van der Waals surface area contributed by atoms with Crippen LogP contribution in [0.4, 0.5) is 4.39 Å². The molecule has 0 amide bonds. The Kier molecular flexibility index (Phi) is 3.77. The summed E-state index contributed by atoms with van der Waals surface area (Å²) in [5.41, 5.74) is 0.676. The molecule has 1 heterocycles. The van der Waals surface area contributed by atoms with E-state index in [1.807, 2.05) is 0 Å². The molecule has 0 radical (unpaired) electrons. The van der Waals surface area contributed by atoms with Crippen LogP contribution in [0.1, 0.15) is 0 Å². The zero-order chi connectivity index (χ0) is 14.8. The quantitative estimate of drug-likeness (QED) is 0.714. The van der Waals surface area contributed by atoms with Gasteiger partial charge >= 0.3 is 0 Å². The molecule has 7 heteroatoms. The highest BCUT2D eigenvalue weighted by atomic mass is 35.5. The zero-order valence-corrected chi connectivity index (χ0v) is 12.0. The van der Waals surface area contributed by atoms with E-state index in [1.54, 1.807) is 36.4 Å². The van der Waals surface area contributed by atoms with Crippen LogP contribution in [0.15, 0.2) is 42.5 Å². The highest BCUT2D eigenvalue weighted by Crippen LogP contribution is 2.31. The molecule has 0 saturated heterocycles. The molecule has 0 saturated carbocycles. The molecule has 4 nitrogen and oxygen atoms in total. The summed E-state index contributed by atoms with van der Waals surface area (Å²) >= 11 is 12.1. The van der Waals surface area contributed by atoms with Crippen molar-refractivity contribution in [2.45, 2.75) is 0 Å². The lowest BCUT2D eigenvalue weighted by atomic mass is 10.2. The number of hydrogen-bond acceptors (Lipinski definition) is 4. The van der Waals surface area contributed by atoms with Gasteiger partial charge in [-0.1, -0.05) is 41.4 Å². The highest BCUT2D eigenvalue weighted by molar-refractivity contribution is 6.38. The molecule has 1 aromatic heterocycles. The molecule has 0 N–H and O–H groups in total. The van der Waals surface area contributed by atoms with E-state index in [1.165, 1.54) is 6.07 Å². The first-order chi connectivity index (χ1) is 10.2. The number of hydrogen-bond donors (Lipinski definition) is 0. The first kappa shape index (κ1) is 13.9. The number of nitrogens with zero attached hydrogens (tertiary/aromatic N) is 4. The van der Waals surface area contributed by atoms with Gasteiger partial charge < -0.3 is 0 Å². The minimum absolute atomic E-state index is 0.0972. The van der Waals surface area contributed by atoms with Gasteiger partial charge in [0.15, 0.2) is 0 Å². The Labute approximate surface area is 129 Å². The van der Waals surface area contributed by atoms with Crippen molar-refractivity contribution in [3.63, 3.8) is 0 Å². The Morgan fingerprint density at radius 2 is 1.29 bits per heavy atom. The standard InChI is InChI=1S/C14H7Cl2FN4/c15-9-5-3-6-10(16)12(9)14-20-18-13(19-21-14)8-4-1-2-7-11(8)17/h1-7H. The normalized spacial score (nSPS) is 10.6. The Bertz CT molecular complexity index is 773. The monoisotopic (exact) mass is 320 g/mol. The van der Waals surface area contributed by atoms with Gasteiger partial charge in [0.1, 0.15) is 5.82 Å². The summed E-state index contributed by atoms with van der Waals surface area (Å²) in [4.78, 5) is 0. The van der Waals surface area contributed by atoms with E-state index in [-0.39, 0.29) is 17.2 Å². The molecule has 3 aromatic rings. The van der Waals surface area contributed by atoms with Crippen LogP contribution in [0.3, 0.4) is 0 Å². The first-order valence-electron chi connectivity index (χ1n) is 5.93. The van der Waals surface area contributed by atoms with Crippen LogP contribution in [0, 0.1) is 5.82 Å². The lowest BCUT2D eigenvalue weighted by Crippen LogP contribution is -2.01. The maximum atomic E-state index is 13.6. The maximum absolute atomic E-state index is 13.6. The van der Waals surface area contributed by atoms with E-state index >= 15 is 0 Å². The summed E-state index contributed by atoms with van der Waals surface area (Å²) in [5.74, 6) is -0.157. The SMILES string of the molecule is Fc1ccccc1-c1nnc(-c2c(Cl)cccc2Cl)nn1. The number of rotatable bonds is 2. The van der Waals surface area contributed by atoms with Crippen molar-refractivity contribution in [3.8, 4) is 22.8 Å². The van der Waals surface area contributed by atoms with E-state index < -0.39 is 5.82 Å². The predicted octanol–water partition coefficient (Wildman–Crippen LogP) is 4.05. The topological polar surface area (TPSA) is 51.6 Å². The fourth-order valence-corrected chi connectivity index (χ4v) is 2.36. The Morgan fingerprint density at radius 3 is 1.90 bits per heavy atom. The average molecular weight is 321 g/mol. The summed E-state index contributed by atoms with van der Waals surface area (Å²) in [6.45, 7) is 0. The van der Waals surface area contributed by atoms with Crippen molar-refractivity contribution in [1.29, 1.82) is 0 Å². The van der Waals surface area contributed by atoms with E-state index in [9.17, 15) is 4.39 Å². The molecule has 0 bridgehead atoms. The van der Waals surface area contributed by atoms with Gasteiger partial charge in [-0.2, -0.15) is 0 Å². The largest absolute Gasteiger partial charge is 0.206 e. The third-order valence-corrected chi connectivity index (χ3v) is 3.41. The van der Waals surface area contributed by atoms with Crippen LogP contribution in [0.5, 0.6) is 0 Å². The molecule has 0 aliphatic heterocycles. The maximum Gasteiger partial charge on any atom is 0.206 e. The van der Waals surface area contributed by atoms with Crippen molar-refractivity contribution in [2.24, 2.45) is 0 Å². The van der Waals surface area contributed by atoms with E-state index in [0.29, 0.717) is 15.6 Å². The van der Waals surface area contributed by atoms with Crippen LogP contribution in [-0.2, 0) is 0 Å². The third-order valence-electron chi connectivity index (χ3n) is 2.78. The Balaban J connectivity index is 2.04. The third kappa shape index (κ3) is 2.70. The highest BCUT2D eigenvalue weighted by Gasteiger charge is 2.14. The van der Waals surface area contributed by atoms with Gasteiger partial charge in [-0.15, -0.1) is 20.4 Å². The van der Waals surface area contributed by atoms with Gasteiger partial charge in [-0.25, -0.2) is 4.39 Å². The van der Waals surface area contributed by atoms with Crippen LogP contribution in [-0.4, -0.2) is 20.4 Å². The lowest BCUT2D eigenvalue weighted by molar-refractivity contribution is 0.628. The van der Waals surface area contributed by atoms with Gasteiger partial charge in [0.05, 0.1) is 21.2 Å². The molecule has 0 atom stereocenters. The van der Waals surface area contributed by atoms with Gasteiger partial charge in [0.2, 0.25) is 11.6 Å². The average Bonchev–Trinajstić information content (AvgIpc) is 2.48. The summed E-state index contributed by atoms with van der Waals surface area (Å²) in [5, 5.41) is 16.4. The molecule has 3 rings (SSSR count). The zero-order valence-electron chi connectivity index (χ0n) is 10.5. The van der Waals surface area contributed by atoms with Gasteiger partial charge in [0, 0.05) is 0 Å². The van der Waals surface area contributed by atoms with Gasteiger partial charge in [0.25, 0.3) is 0 Å². The summed E-state index contributed by atoms with van der Waals surface area (Å²) in [6.07, 6.45) is 0. The first-order valence-corrected chi connectivity index (χ1v) is 6.69. The van der Waals surface area contributed by atoms with Crippen molar-refractivity contribution in [2.75, 3.05) is 0 Å². The van der Waals surface area contributed by atoms with E-state index in [2.05, 4.69) is 20.4 Å². The number of halogens is 3. The molecular weight excluding hydrogens is 314 g/mol. The second-order valence-corrected chi connectivity index (χ2v) is 4.94. The number of aromatic nitrogens is 4. The van der Waals surface area contributed by atoms with Crippen LogP contribution < -0.4 is 0 Å². The van der Waals surface area contributed by atoms with Gasteiger partial charge in [-0.05, 0) is 24.3 Å². The fraction of sp³-hybridized carbons (Fsp3) is 0. The summed E-state index contributed by atoms with van der Waals surface area (Å²) in [6, 6.07) is 11.2. The lowest BCUT2D eigenvalue weighted by Gasteiger charge is -2.04. The van der Waals surface area contributed by atoms with Crippen molar-refractivity contribution in [3.05, 3.63) is 58.3 Å². The smallest absolute Gasteiger partial charge is 0.206 e.